The molecule has 0 unspecified atom stereocenters. The van der Waals surface area contributed by atoms with Gasteiger partial charge in [0.15, 0.2) is 5.82 Å². The second-order valence-corrected chi connectivity index (χ2v) is 7.58. The minimum Gasteiger partial charge on any atom is -0.369 e. The minimum atomic E-state index is -0.0822. The number of aromatic nitrogens is 5. The van der Waals surface area contributed by atoms with Crippen molar-refractivity contribution in [2.75, 3.05) is 37.6 Å². The van der Waals surface area contributed by atoms with Crippen LogP contribution >= 0.6 is 0 Å². The Morgan fingerprint density at radius 1 is 0.897 bits per heavy atom. The smallest absolute Gasteiger partial charge is 0.266 e. The van der Waals surface area contributed by atoms with Gasteiger partial charge in [-0.25, -0.2) is 9.36 Å². The molecule has 8 heteroatoms. The van der Waals surface area contributed by atoms with Crippen molar-refractivity contribution in [2.24, 2.45) is 0 Å². The van der Waals surface area contributed by atoms with Gasteiger partial charge in [-0.1, -0.05) is 0 Å². The molecule has 1 aliphatic heterocycles. The van der Waals surface area contributed by atoms with E-state index in [4.69, 9.17) is 0 Å². The molecule has 0 spiro atoms. The summed E-state index contributed by atoms with van der Waals surface area (Å²) < 4.78 is 3.32. The van der Waals surface area contributed by atoms with Crippen LogP contribution in [-0.4, -0.2) is 62.2 Å². The zero-order valence-electron chi connectivity index (χ0n) is 17.2. The molecule has 8 nitrogen and oxygen atoms in total. The van der Waals surface area contributed by atoms with Crippen LogP contribution in [0, 0.1) is 20.8 Å². The summed E-state index contributed by atoms with van der Waals surface area (Å²) in [4.78, 5) is 21.3. The number of nitrogens with zero attached hydrogens (tertiary/aromatic N) is 7. The van der Waals surface area contributed by atoms with E-state index in [0.29, 0.717) is 12.4 Å². The maximum Gasteiger partial charge on any atom is 0.266 e. The van der Waals surface area contributed by atoms with Gasteiger partial charge in [0.2, 0.25) is 0 Å². The van der Waals surface area contributed by atoms with Crippen LogP contribution in [0.4, 0.5) is 5.69 Å². The molecule has 0 radical (unpaired) electrons. The molecule has 0 atom stereocenters. The molecular formula is C21H27N7O. The lowest BCUT2D eigenvalue weighted by atomic mass is 10.2. The number of hydrogen-bond donors (Lipinski definition) is 0. The average Bonchev–Trinajstić information content (AvgIpc) is 3.06. The number of hydrogen-bond acceptors (Lipinski definition) is 6. The summed E-state index contributed by atoms with van der Waals surface area (Å²) in [5.74, 6) is 0.674. The van der Waals surface area contributed by atoms with Gasteiger partial charge in [-0.2, -0.15) is 5.10 Å². The van der Waals surface area contributed by atoms with Crippen LogP contribution in [0.2, 0.25) is 0 Å². The highest BCUT2D eigenvalue weighted by atomic mass is 16.1. The Balaban J connectivity index is 1.38. The summed E-state index contributed by atoms with van der Waals surface area (Å²) in [6.45, 7) is 11.2. The van der Waals surface area contributed by atoms with E-state index in [1.165, 1.54) is 5.69 Å². The van der Waals surface area contributed by atoms with Crippen molar-refractivity contribution in [3.63, 3.8) is 0 Å². The maximum absolute atomic E-state index is 12.3. The van der Waals surface area contributed by atoms with Crippen molar-refractivity contribution >= 4 is 5.69 Å². The summed E-state index contributed by atoms with van der Waals surface area (Å²) in [5, 5.41) is 9.00. The molecule has 3 aromatic heterocycles. The van der Waals surface area contributed by atoms with E-state index < -0.39 is 0 Å². The van der Waals surface area contributed by atoms with E-state index in [9.17, 15) is 4.79 Å². The van der Waals surface area contributed by atoms with Crippen LogP contribution in [0.5, 0.6) is 0 Å². The number of pyridine rings is 1. The lowest BCUT2D eigenvalue weighted by Gasteiger charge is -2.36. The maximum atomic E-state index is 12.3. The first kappa shape index (κ1) is 19.3. The molecule has 0 saturated carbocycles. The Morgan fingerprint density at radius 2 is 1.69 bits per heavy atom. The lowest BCUT2D eigenvalue weighted by Crippen LogP contribution is -2.47. The first-order valence-electron chi connectivity index (χ1n) is 10.0. The fourth-order valence-corrected chi connectivity index (χ4v) is 3.77. The predicted molar refractivity (Wildman–Crippen MR) is 113 cm³/mol. The SMILES string of the molecule is Cc1cc(N2CCN(CCn3nc(-n4nc(C)cc4C)ccc3=O)CC2)ccn1. The molecular weight excluding hydrogens is 366 g/mol. The van der Waals surface area contributed by atoms with E-state index in [1.807, 2.05) is 33.0 Å². The average molecular weight is 393 g/mol. The van der Waals surface area contributed by atoms with Crippen LogP contribution in [0.25, 0.3) is 5.82 Å². The van der Waals surface area contributed by atoms with Crippen LogP contribution in [0.3, 0.4) is 0 Å². The third-order valence-electron chi connectivity index (χ3n) is 5.32. The zero-order valence-corrected chi connectivity index (χ0v) is 17.2. The van der Waals surface area contributed by atoms with E-state index in [1.54, 1.807) is 21.5 Å². The molecule has 0 aliphatic carbocycles. The van der Waals surface area contributed by atoms with Gasteiger partial charge in [-0.3, -0.25) is 14.7 Å². The van der Waals surface area contributed by atoms with Gasteiger partial charge in [0, 0.05) is 62.1 Å². The third-order valence-corrected chi connectivity index (χ3v) is 5.32. The van der Waals surface area contributed by atoms with E-state index in [0.717, 1.165) is 49.8 Å². The molecule has 0 aromatic carbocycles. The minimum absolute atomic E-state index is 0.0822. The molecule has 4 rings (SSSR count). The van der Waals surface area contributed by atoms with Crippen molar-refractivity contribution in [3.8, 4) is 5.82 Å². The number of piperazine rings is 1. The molecule has 1 saturated heterocycles. The van der Waals surface area contributed by atoms with Crippen molar-refractivity contribution in [1.29, 1.82) is 0 Å². The van der Waals surface area contributed by atoms with E-state index >= 15 is 0 Å². The molecule has 0 N–H and O–H groups in total. The van der Waals surface area contributed by atoms with E-state index in [2.05, 4.69) is 37.1 Å². The van der Waals surface area contributed by atoms with Crippen LogP contribution in [0.15, 0.2) is 41.3 Å². The molecule has 0 bridgehead atoms. The van der Waals surface area contributed by atoms with E-state index in [-0.39, 0.29) is 5.56 Å². The summed E-state index contributed by atoms with van der Waals surface area (Å²) in [7, 11) is 0. The third kappa shape index (κ3) is 4.37. The second-order valence-electron chi connectivity index (χ2n) is 7.58. The zero-order chi connectivity index (χ0) is 20.4. The number of aryl methyl sites for hydroxylation is 3. The van der Waals surface area contributed by atoms with Crippen molar-refractivity contribution < 1.29 is 0 Å². The van der Waals surface area contributed by atoms with Crippen LogP contribution in [0.1, 0.15) is 17.1 Å². The number of anilines is 1. The van der Waals surface area contributed by atoms with Gasteiger partial charge >= 0.3 is 0 Å². The highest BCUT2D eigenvalue weighted by Crippen LogP contribution is 2.16. The fourth-order valence-electron chi connectivity index (χ4n) is 3.77. The van der Waals surface area contributed by atoms with Crippen LogP contribution in [-0.2, 0) is 6.54 Å². The van der Waals surface area contributed by atoms with Gasteiger partial charge in [0.05, 0.1) is 12.2 Å². The second kappa shape index (κ2) is 8.16. The Hall–Kier alpha value is -3.00. The van der Waals surface area contributed by atoms with Gasteiger partial charge in [-0.05, 0) is 45.0 Å². The normalized spacial score (nSPS) is 15.1. The van der Waals surface area contributed by atoms with Crippen LogP contribution < -0.4 is 10.5 Å². The summed E-state index contributed by atoms with van der Waals surface area (Å²) >= 11 is 0. The number of rotatable bonds is 5. The Bertz CT molecular complexity index is 1050. The molecule has 1 aliphatic rings. The van der Waals surface area contributed by atoms with Gasteiger partial charge in [0.1, 0.15) is 0 Å². The molecule has 152 valence electrons. The van der Waals surface area contributed by atoms with Gasteiger partial charge < -0.3 is 4.90 Å². The predicted octanol–water partition coefficient (Wildman–Crippen LogP) is 1.57. The van der Waals surface area contributed by atoms with Gasteiger partial charge in [-0.15, -0.1) is 5.10 Å². The van der Waals surface area contributed by atoms with Crippen molar-refractivity contribution in [2.45, 2.75) is 27.3 Å². The largest absolute Gasteiger partial charge is 0.369 e. The Morgan fingerprint density at radius 3 is 2.38 bits per heavy atom. The first-order chi connectivity index (χ1) is 14.0. The molecule has 3 aromatic rings. The summed E-state index contributed by atoms with van der Waals surface area (Å²) in [5.41, 5.74) is 4.12. The quantitative estimate of drug-likeness (QED) is 0.655. The molecule has 4 heterocycles. The monoisotopic (exact) mass is 393 g/mol. The summed E-state index contributed by atoms with van der Waals surface area (Å²) in [6.07, 6.45) is 1.87. The molecule has 0 amide bonds. The standard InChI is InChI=1S/C21H27N7O/c1-16-15-19(6-7-22-16)26-11-8-25(9-12-26)10-13-27-21(29)5-4-20(24-27)28-18(3)14-17(2)23-28/h4-7,14-15H,8-13H2,1-3H3. The topological polar surface area (TPSA) is 72.1 Å². The fraction of sp³-hybridized carbons (Fsp3) is 0.429. The van der Waals surface area contributed by atoms with Gasteiger partial charge in [0.25, 0.3) is 5.56 Å². The lowest BCUT2D eigenvalue weighted by molar-refractivity contribution is 0.242. The summed E-state index contributed by atoms with van der Waals surface area (Å²) in [6, 6.07) is 9.50. The highest BCUT2D eigenvalue weighted by Gasteiger charge is 2.17. The molecule has 1 fully saturated rings. The van der Waals surface area contributed by atoms with Crippen molar-refractivity contribution in [1.82, 2.24) is 29.4 Å². The Labute approximate surface area is 170 Å². The molecule has 29 heavy (non-hydrogen) atoms. The Kier molecular flexibility index (Phi) is 5.44. The first-order valence-corrected chi connectivity index (χ1v) is 10.0. The van der Waals surface area contributed by atoms with Crippen molar-refractivity contribution in [3.05, 3.63) is 64.0 Å². The highest BCUT2D eigenvalue weighted by molar-refractivity contribution is 5.46.